The Hall–Kier alpha value is -3.74. The maximum atomic E-state index is 13.0. The first-order valence-corrected chi connectivity index (χ1v) is 12.2. The van der Waals surface area contributed by atoms with Crippen LogP contribution < -0.4 is 15.6 Å². The second-order valence-electron chi connectivity index (χ2n) is 7.27. The highest BCUT2D eigenvalue weighted by molar-refractivity contribution is 7.16. The molecule has 1 N–H and O–H groups in total. The van der Waals surface area contributed by atoms with Gasteiger partial charge in [0, 0.05) is 45.8 Å². The molecule has 0 unspecified atom stereocenters. The zero-order valence-corrected chi connectivity index (χ0v) is 20.6. The summed E-state index contributed by atoms with van der Waals surface area (Å²) in [4.78, 5) is 27.9. The third-order valence-electron chi connectivity index (χ3n) is 5.03. The summed E-state index contributed by atoms with van der Waals surface area (Å²) in [7, 11) is 1.49. The summed E-state index contributed by atoms with van der Waals surface area (Å²) in [5.74, 6) is 0.300. The zero-order chi connectivity index (χ0) is 24.4. The molecule has 0 aliphatic heterocycles. The third kappa shape index (κ3) is 4.90. The van der Waals surface area contributed by atoms with Crippen LogP contribution in [-0.4, -0.2) is 36.9 Å². The van der Waals surface area contributed by atoms with E-state index in [4.69, 9.17) is 20.9 Å². The molecule has 5 aromatic heterocycles. The average Bonchev–Trinajstić information content (AvgIpc) is 3.66. The van der Waals surface area contributed by atoms with Gasteiger partial charge in [0.1, 0.15) is 12.1 Å². The first-order chi connectivity index (χ1) is 17.0. The van der Waals surface area contributed by atoms with Crippen LogP contribution in [0.2, 0.25) is 4.34 Å². The number of pyridine rings is 1. The van der Waals surface area contributed by atoms with Crippen LogP contribution in [0, 0.1) is 0 Å². The van der Waals surface area contributed by atoms with Crippen LogP contribution in [0.5, 0.6) is 5.88 Å². The smallest absolute Gasteiger partial charge is 0.302 e. The Morgan fingerprint density at radius 1 is 1.20 bits per heavy atom. The molecular weight excluding hydrogens is 512 g/mol. The van der Waals surface area contributed by atoms with E-state index in [0.29, 0.717) is 40.4 Å². The summed E-state index contributed by atoms with van der Waals surface area (Å²) in [6.07, 6.45) is 3.00. The number of hydrogen-bond donors (Lipinski definition) is 1. The van der Waals surface area contributed by atoms with Crippen LogP contribution >= 0.6 is 34.5 Å². The fourth-order valence-electron chi connectivity index (χ4n) is 3.38. The van der Waals surface area contributed by atoms with Gasteiger partial charge >= 0.3 is 5.91 Å². The van der Waals surface area contributed by atoms with Crippen molar-refractivity contribution < 1.29 is 14.1 Å². The molecule has 0 atom stereocenters. The van der Waals surface area contributed by atoms with E-state index in [1.807, 2.05) is 12.1 Å². The number of methoxy groups -OCH3 is 1. The molecule has 35 heavy (non-hydrogen) atoms. The minimum atomic E-state index is -0.484. The van der Waals surface area contributed by atoms with E-state index in [-0.39, 0.29) is 11.3 Å². The van der Waals surface area contributed by atoms with Gasteiger partial charge in [0.15, 0.2) is 11.6 Å². The molecule has 0 saturated carbocycles. The molecule has 0 amide bonds. The first-order valence-electron chi connectivity index (χ1n) is 10.2. The molecule has 5 rings (SSSR count). The predicted molar refractivity (Wildman–Crippen MR) is 133 cm³/mol. The highest BCUT2D eigenvalue weighted by Crippen LogP contribution is 2.27. The van der Waals surface area contributed by atoms with Crippen LogP contribution in [0.15, 0.2) is 64.2 Å². The fourth-order valence-corrected chi connectivity index (χ4v) is 4.98. The molecule has 0 aromatic carbocycles. The van der Waals surface area contributed by atoms with Crippen molar-refractivity contribution in [3.63, 3.8) is 0 Å². The molecule has 0 fully saturated rings. The molecule has 0 aliphatic carbocycles. The molecule has 5 heterocycles. The van der Waals surface area contributed by atoms with E-state index in [1.54, 1.807) is 24.4 Å². The maximum absolute atomic E-state index is 13.0. The number of ether oxygens (including phenoxy) is 1. The number of carbonyl (C=O) groups is 1. The number of nitrogens with one attached hydrogen (secondary N) is 1. The molecule has 0 bridgehead atoms. The van der Waals surface area contributed by atoms with Crippen molar-refractivity contribution in [1.29, 1.82) is 0 Å². The predicted octanol–water partition coefficient (Wildman–Crippen LogP) is 4.23. The summed E-state index contributed by atoms with van der Waals surface area (Å²) in [6.45, 7) is 0.761. The fraction of sp³-hybridized carbons (Fsp3) is 0.136. The Morgan fingerprint density at radius 3 is 2.77 bits per heavy atom. The third-order valence-corrected chi connectivity index (χ3v) is 6.99. The average molecular weight is 529 g/mol. The van der Waals surface area contributed by atoms with Crippen molar-refractivity contribution in [2.75, 3.05) is 12.4 Å². The quantitative estimate of drug-likeness (QED) is 0.318. The van der Waals surface area contributed by atoms with E-state index >= 15 is 0 Å². The Balaban J connectivity index is 1.52. The van der Waals surface area contributed by atoms with Crippen molar-refractivity contribution in [1.82, 2.24) is 23.9 Å². The minimum absolute atomic E-state index is 0.0967. The molecule has 0 radical (unpaired) electrons. The van der Waals surface area contributed by atoms with Gasteiger partial charge in [-0.05, 0) is 29.7 Å². The van der Waals surface area contributed by atoms with Crippen LogP contribution in [0.1, 0.15) is 20.2 Å². The SMILES string of the molecule is COc1cc(-c2cc(NCc3ccc(Cl)s3)n(C(=O)c3ccon3)n2)cc(=O)n1Cc1ccns1. The van der Waals surface area contributed by atoms with E-state index in [1.165, 1.54) is 57.6 Å². The molecule has 10 nitrogen and oxygen atoms in total. The number of nitrogens with zero attached hydrogens (tertiary/aromatic N) is 5. The lowest BCUT2D eigenvalue weighted by atomic mass is 10.2. The Kier molecular flexibility index (Phi) is 6.49. The molecular formula is C22H17ClN6O4S2. The number of anilines is 1. The van der Waals surface area contributed by atoms with Crippen LogP contribution in [0.3, 0.4) is 0 Å². The summed E-state index contributed by atoms with van der Waals surface area (Å²) < 4.78 is 17.7. The minimum Gasteiger partial charge on any atom is -0.482 e. The van der Waals surface area contributed by atoms with Crippen LogP contribution in [0.4, 0.5) is 5.82 Å². The van der Waals surface area contributed by atoms with Gasteiger partial charge in [0.2, 0.25) is 0 Å². The highest BCUT2D eigenvalue weighted by Gasteiger charge is 2.21. The second kappa shape index (κ2) is 9.86. The first kappa shape index (κ1) is 23.0. The van der Waals surface area contributed by atoms with E-state index in [2.05, 4.69) is 19.9 Å². The van der Waals surface area contributed by atoms with Gasteiger partial charge in [-0.1, -0.05) is 16.8 Å². The largest absolute Gasteiger partial charge is 0.482 e. The van der Waals surface area contributed by atoms with E-state index in [9.17, 15) is 9.59 Å². The van der Waals surface area contributed by atoms with Crippen molar-refractivity contribution in [3.8, 4) is 17.1 Å². The second-order valence-corrected chi connectivity index (χ2v) is 9.98. The lowest BCUT2D eigenvalue weighted by Gasteiger charge is -2.11. The van der Waals surface area contributed by atoms with Crippen molar-refractivity contribution in [2.45, 2.75) is 13.1 Å². The Morgan fingerprint density at radius 2 is 2.09 bits per heavy atom. The van der Waals surface area contributed by atoms with Gasteiger partial charge in [-0.3, -0.25) is 14.2 Å². The maximum Gasteiger partial charge on any atom is 0.302 e. The monoisotopic (exact) mass is 528 g/mol. The number of aromatic nitrogens is 5. The van der Waals surface area contributed by atoms with Gasteiger partial charge in [-0.2, -0.15) is 9.78 Å². The zero-order valence-electron chi connectivity index (χ0n) is 18.2. The van der Waals surface area contributed by atoms with E-state index in [0.717, 1.165) is 9.75 Å². The summed E-state index contributed by atoms with van der Waals surface area (Å²) in [5, 5.41) is 11.4. The Bertz CT molecular complexity index is 1520. The molecule has 5 aromatic rings. The number of thiophene rings is 1. The number of rotatable bonds is 8. The standard InChI is InChI=1S/C22H17ClN6O4S2/c1-32-21-9-13(8-20(30)28(21)12-15-4-6-25-35-15)17-10-19(24-11-14-2-3-18(23)34-14)29(26-17)22(31)16-5-7-33-27-16/h2-10,24H,11-12H2,1H3. The number of hydrogen-bond acceptors (Lipinski definition) is 10. The molecule has 0 spiro atoms. The van der Waals surface area contributed by atoms with Crippen LogP contribution in [-0.2, 0) is 13.1 Å². The van der Waals surface area contributed by atoms with Crippen LogP contribution in [0.25, 0.3) is 11.3 Å². The summed E-state index contributed by atoms with van der Waals surface area (Å²) in [6, 6.07) is 11.9. The molecule has 0 saturated heterocycles. The number of carbonyl (C=O) groups excluding carboxylic acids is 1. The lowest BCUT2D eigenvalue weighted by Crippen LogP contribution is -2.21. The van der Waals surface area contributed by atoms with Crippen molar-refractivity contribution in [2.24, 2.45) is 0 Å². The molecule has 178 valence electrons. The van der Waals surface area contributed by atoms with Gasteiger partial charge in [-0.15, -0.1) is 11.3 Å². The van der Waals surface area contributed by atoms with Gasteiger partial charge in [-0.25, -0.2) is 4.37 Å². The van der Waals surface area contributed by atoms with E-state index < -0.39 is 5.91 Å². The van der Waals surface area contributed by atoms with Crippen molar-refractivity contribution >= 4 is 46.2 Å². The van der Waals surface area contributed by atoms with Gasteiger partial charge < -0.3 is 14.6 Å². The highest BCUT2D eigenvalue weighted by atomic mass is 35.5. The lowest BCUT2D eigenvalue weighted by molar-refractivity contribution is 0.0939. The Labute approximate surface area is 211 Å². The summed E-state index contributed by atoms with van der Waals surface area (Å²) in [5.41, 5.74) is 0.738. The number of halogens is 1. The normalized spacial score (nSPS) is 11.0. The molecule has 0 aliphatic rings. The topological polar surface area (TPSA) is 117 Å². The summed E-state index contributed by atoms with van der Waals surface area (Å²) >= 11 is 8.77. The van der Waals surface area contributed by atoms with Gasteiger partial charge in [0.25, 0.3) is 5.56 Å². The molecule has 13 heteroatoms. The van der Waals surface area contributed by atoms with Gasteiger partial charge in [0.05, 0.1) is 30.2 Å². The van der Waals surface area contributed by atoms with Crippen molar-refractivity contribution in [3.05, 3.63) is 85.1 Å².